The lowest BCUT2D eigenvalue weighted by atomic mass is 10.1. The third kappa shape index (κ3) is 6.04. The van der Waals surface area contributed by atoms with Gasteiger partial charge in [0, 0.05) is 49.8 Å². The number of imidazole rings is 1. The fourth-order valence-electron chi connectivity index (χ4n) is 4.54. The van der Waals surface area contributed by atoms with Crippen LogP contribution in [0.25, 0.3) is 16.9 Å². The summed E-state index contributed by atoms with van der Waals surface area (Å²) in [4.78, 5) is 37.7. The van der Waals surface area contributed by atoms with Gasteiger partial charge in [0.2, 0.25) is 0 Å². The molecule has 4 aromatic rings. The fraction of sp³-hybridized carbons (Fsp3) is 0.310. The lowest BCUT2D eigenvalue weighted by molar-refractivity contribution is 0.0141. The van der Waals surface area contributed by atoms with E-state index >= 15 is 0 Å². The van der Waals surface area contributed by atoms with Gasteiger partial charge in [-0.15, -0.1) is 0 Å². The maximum Gasteiger partial charge on any atom is 0.410 e. The Morgan fingerprint density at radius 2 is 1.76 bits per heavy atom. The van der Waals surface area contributed by atoms with Crippen LogP contribution in [0.2, 0.25) is 5.02 Å². The molecule has 12 heteroatoms. The Hall–Kier alpha value is -4.38. The van der Waals surface area contributed by atoms with Gasteiger partial charge in [0.05, 0.1) is 29.6 Å². The van der Waals surface area contributed by atoms with Gasteiger partial charge < -0.3 is 24.6 Å². The van der Waals surface area contributed by atoms with E-state index in [4.69, 9.17) is 21.1 Å². The number of methoxy groups -OCH3 is 1. The number of carbonyl (C=O) groups is 2. The van der Waals surface area contributed by atoms with Gasteiger partial charge in [0.25, 0.3) is 5.91 Å². The van der Waals surface area contributed by atoms with Crippen LogP contribution in [-0.2, 0) is 4.74 Å². The summed E-state index contributed by atoms with van der Waals surface area (Å²) in [6, 6.07) is 9.76. The third-order valence-corrected chi connectivity index (χ3v) is 6.87. The van der Waals surface area contributed by atoms with E-state index in [1.807, 2.05) is 20.8 Å². The Morgan fingerprint density at radius 1 is 1.02 bits per heavy atom. The highest BCUT2D eigenvalue weighted by atomic mass is 35.5. The molecular formula is C29H30ClFN6O4. The van der Waals surface area contributed by atoms with Gasteiger partial charge in [0.15, 0.2) is 23.0 Å². The first-order valence-electron chi connectivity index (χ1n) is 13.0. The van der Waals surface area contributed by atoms with E-state index in [2.05, 4.69) is 15.3 Å². The second kappa shape index (κ2) is 11.2. The number of nitrogens with zero attached hydrogens (tertiary/aromatic N) is 5. The molecule has 1 aliphatic heterocycles. The van der Waals surface area contributed by atoms with Gasteiger partial charge in [0.1, 0.15) is 5.60 Å². The third-order valence-electron chi connectivity index (χ3n) is 6.56. The molecule has 2 amide bonds. The molecule has 0 aliphatic carbocycles. The number of anilines is 2. The van der Waals surface area contributed by atoms with Gasteiger partial charge in [-0.1, -0.05) is 11.6 Å². The molecule has 1 fully saturated rings. The van der Waals surface area contributed by atoms with Crippen molar-refractivity contribution < 1.29 is 23.5 Å². The zero-order valence-corrected chi connectivity index (χ0v) is 23.9. The van der Waals surface area contributed by atoms with Crippen LogP contribution in [0, 0.1) is 5.82 Å². The molecule has 5 rings (SSSR count). The number of benzene rings is 2. The van der Waals surface area contributed by atoms with Crippen molar-refractivity contribution in [2.45, 2.75) is 26.4 Å². The Labute approximate surface area is 241 Å². The Bertz CT molecular complexity index is 1610. The molecule has 0 bridgehead atoms. The predicted molar refractivity (Wildman–Crippen MR) is 153 cm³/mol. The van der Waals surface area contributed by atoms with Crippen molar-refractivity contribution >= 4 is 40.8 Å². The van der Waals surface area contributed by atoms with Crippen LogP contribution in [0.4, 0.5) is 20.7 Å². The fourth-order valence-corrected chi connectivity index (χ4v) is 4.80. The SMILES string of the molecule is COc1ccc(-c2cnc3c(Nc4ccc(C(=O)N5CCN(C(=O)OC(C)(C)C)CC5)c(Cl)c4)nccn23)cc1F. The number of halogens is 2. The molecule has 0 spiro atoms. The summed E-state index contributed by atoms with van der Waals surface area (Å²) in [6.45, 7) is 6.96. The molecule has 10 nitrogen and oxygen atoms in total. The lowest BCUT2D eigenvalue weighted by Gasteiger charge is -2.35. The smallest absolute Gasteiger partial charge is 0.410 e. The minimum absolute atomic E-state index is 0.161. The van der Waals surface area contributed by atoms with Gasteiger partial charge in [-0.3, -0.25) is 9.20 Å². The van der Waals surface area contributed by atoms with E-state index in [0.717, 1.165) is 0 Å². The molecule has 2 aromatic heterocycles. The van der Waals surface area contributed by atoms with Crippen molar-refractivity contribution in [3.63, 3.8) is 0 Å². The molecule has 1 aliphatic rings. The number of nitrogens with one attached hydrogen (secondary N) is 1. The van der Waals surface area contributed by atoms with Gasteiger partial charge in [-0.25, -0.2) is 19.2 Å². The number of hydrogen-bond donors (Lipinski definition) is 1. The summed E-state index contributed by atoms with van der Waals surface area (Å²) < 4.78 is 26.6. The molecule has 0 radical (unpaired) electrons. The number of amides is 2. The first-order valence-corrected chi connectivity index (χ1v) is 13.4. The van der Waals surface area contributed by atoms with Crippen molar-refractivity contribution in [1.82, 2.24) is 24.2 Å². The average Bonchev–Trinajstić information content (AvgIpc) is 3.37. The van der Waals surface area contributed by atoms with Gasteiger partial charge >= 0.3 is 6.09 Å². The first-order chi connectivity index (χ1) is 19.5. The molecule has 214 valence electrons. The van der Waals surface area contributed by atoms with Crippen LogP contribution in [0.15, 0.2) is 55.0 Å². The number of rotatable bonds is 5. The first kappa shape index (κ1) is 28.2. The maximum absolute atomic E-state index is 14.3. The summed E-state index contributed by atoms with van der Waals surface area (Å²) in [5.74, 6) is -0.0635. The standard InChI is InChI=1S/C29H30ClFN6O4/c1-29(2,3)41-28(39)36-13-11-35(12-14-36)27(38)20-7-6-19(16-21(20)30)34-25-26-33-17-23(37(26)10-9-32-25)18-5-8-24(40-4)22(31)15-18/h5-10,15-17H,11-14H2,1-4H3,(H,32,34). The van der Waals surface area contributed by atoms with Crippen LogP contribution in [0.3, 0.4) is 0 Å². The number of hydrogen-bond acceptors (Lipinski definition) is 7. The van der Waals surface area contributed by atoms with E-state index in [0.29, 0.717) is 60.2 Å². The molecule has 0 atom stereocenters. The highest BCUT2D eigenvalue weighted by Crippen LogP contribution is 2.30. The van der Waals surface area contributed by atoms with Gasteiger partial charge in [-0.05, 0) is 57.2 Å². The van der Waals surface area contributed by atoms with Crippen LogP contribution < -0.4 is 10.1 Å². The van der Waals surface area contributed by atoms with Gasteiger partial charge in [-0.2, -0.15) is 0 Å². The number of aromatic nitrogens is 3. The second-order valence-corrected chi connectivity index (χ2v) is 10.9. The summed E-state index contributed by atoms with van der Waals surface area (Å²) in [5.41, 5.74) is 2.23. The number of fused-ring (bicyclic) bond motifs is 1. The van der Waals surface area contributed by atoms with E-state index in [1.54, 1.807) is 63.1 Å². The predicted octanol–water partition coefficient (Wildman–Crippen LogP) is 5.63. The summed E-state index contributed by atoms with van der Waals surface area (Å²) in [5, 5.41) is 3.49. The minimum atomic E-state index is -0.579. The monoisotopic (exact) mass is 580 g/mol. The van der Waals surface area contributed by atoms with E-state index in [1.165, 1.54) is 13.2 Å². The molecule has 1 saturated heterocycles. The highest BCUT2D eigenvalue weighted by Gasteiger charge is 2.29. The summed E-state index contributed by atoms with van der Waals surface area (Å²) >= 11 is 6.54. The Balaban J connectivity index is 1.29. The van der Waals surface area contributed by atoms with Crippen molar-refractivity contribution in [2.24, 2.45) is 0 Å². The number of ether oxygens (including phenoxy) is 2. The van der Waals surface area contributed by atoms with Crippen LogP contribution in [0.5, 0.6) is 5.75 Å². The van der Waals surface area contributed by atoms with E-state index in [-0.39, 0.29) is 22.8 Å². The number of carbonyl (C=O) groups excluding carboxylic acids is 2. The molecule has 0 saturated carbocycles. The largest absolute Gasteiger partial charge is 0.494 e. The normalized spacial score (nSPS) is 13.8. The molecule has 41 heavy (non-hydrogen) atoms. The molecule has 1 N–H and O–H groups in total. The van der Waals surface area contributed by atoms with Crippen molar-refractivity contribution in [2.75, 3.05) is 38.6 Å². The molecule has 2 aromatic carbocycles. The quantitative estimate of drug-likeness (QED) is 0.326. The zero-order chi connectivity index (χ0) is 29.3. The highest BCUT2D eigenvalue weighted by molar-refractivity contribution is 6.34. The minimum Gasteiger partial charge on any atom is -0.494 e. The van der Waals surface area contributed by atoms with Crippen molar-refractivity contribution in [3.05, 3.63) is 71.4 Å². The lowest BCUT2D eigenvalue weighted by Crippen LogP contribution is -2.51. The number of piperazine rings is 1. The summed E-state index contributed by atoms with van der Waals surface area (Å²) in [7, 11) is 1.42. The van der Waals surface area contributed by atoms with Crippen molar-refractivity contribution in [1.29, 1.82) is 0 Å². The topological polar surface area (TPSA) is 101 Å². The molecule has 3 heterocycles. The van der Waals surface area contributed by atoms with E-state index in [9.17, 15) is 14.0 Å². The Kier molecular flexibility index (Phi) is 7.72. The maximum atomic E-state index is 14.3. The molecule has 0 unspecified atom stereocenters. The second-order valence-electron chi connectivity index (χ2n) is 10.5. The van der Waals surface area contributed by atoms with Crippen LogP contribution in [-0.4, -0.2) is 75.1 Å². The average molecular weight is 581 g/mol. The zero-order valence-electron chi connectivity index (χ0n) is 23.1. The van der Waals surface area contributed by atoms with E-state index < -0.39 is 11.4 Å². The van der Waals surface area contributed by atoms with Crippen LogP contribution >= 0.6 is 11.6 Å². The van der Waals surface area contributed by atoms with Crippen molar-refractivity contribution in [3.8, 4) is 17.0 Å². The Morgan fingerprint density at radius 3 is 2.41 bits per heavy atom. The van der Waals surface area contributed by atoms with Crippen LogP contribution in [0.1, 0.15) is 31.1 Å². The molecular weight excluding hydrogens is 551 g/mol. The summed E-state index contributed by atoms with van der Waals surface area (Å²) in [6.07, 6.45) is 4.60.